The molecule has 1 fully saturated rings. The van der Waals surface area contributed by atoms with E-state index in [1.54, 1.807) is 12.1 Å². The molecule has 0 spiro atoms. The van der Waals surface area contributed by atoms with E-state index < -0.39 is 32.5 Å². The van der Waals surface area contributed by atoms with Crippen LogP contribution in [0.2, 0.25) is 0 Å². The van der Waals surface area contributed by atoms with Crippen LogP contribution in [0.25, 0.3) is 0 Å². The van der Waals surface area contributed by atoms with E-state index >= 15 is 0 Å². The highest BCUT2D eigenvalue weighted by Crippen LogP contribution is 2.21. The predicted octanol–water partition coefficient (Wildman–Crippen LogP) is 0.411. The van der Waals surface area contributed by atoms with E-state index in [0.717, 1.165) is 31.8 Å². The second-order valence-corrected chi connectivity index (χ2v) is 8.28. The first kappa shape index (κ1) is 21.2. The lowest BCUT2D eigenvalue weighted by Crippen LogP contribution is -3.14. The Labute approximate surface area is 167 Å². The summed E-state index contributed by atoms with van der Waals surface area (Å²) in [6.45, 7) is 4.30. The number of sulfonamides is 1. The topological polar surface area (TPSA) is 88.9 Å². The Balaban J connectivity index is 1.69. The summed E-state index contributed by atoms with van der Waals surface area (Å²) in [5, 5.41) is 2.78. The number of morpholine rings is 1. The van der Waals surface area contributed by atoms with Gasteiger partial charge >= 0.3 is 0 Å². The SMILES string of the molecule is O=C(NCC[NH+]1CCOCC1)c1ccccc1NS(=O)(=O)c1ccc(F)c(F)c1. The van der Waals surface area contributed by atoms with Gasteiger partial charge in [-0.1, -0.05) is 12.1 Å². The third-order valence-corrected chi connectivity index (χ3v) is 5.94. The quantitative estimate of drug-likeness (QED) is 0.599. The summed E-state index contributed by atoms with van der Waals surface area (Å²) in [6.07, 6.45) is 0. The van der Waals surface area contributed by atoms with Gasteiger partial charge in [0.15, 0.2) is 11.6 Å². The molecule has 1 heterocycles. The molecule has 156 valence electrons. The van der Waals surface area contributed by atoms with Gasteiger partial charge in [-0.25, -0.2) is 17.2 Å². The third-order valence-electron chi connectivity index (χ3n) is 4.58. The standard InChI is InChI=1S/C19H21F2N3O4S/c20-16-6-5-14(13-17(16)21)29(26,27)23-18-4-2-1-3-15(18)19(25)22-7-8-24-9-11-28-12-10-24/h1-6,13,23H,7-12H2,(H,22,25)/p+1. The molecule has 2 aromatic carbocycles. The average molecular weight is 426 g/mol. The molecule has 0 unspecified atom stereocenters. The van der Waals surface area contributed by atoms with Crippen LogP contribution in [0, 0.1) is 11.6 Å². The Morgan fingerprint density at radius 1 is 1.07 bits per heavy atom. The van der Waals surface area contributed by atoms with E-state index in [0.29, 0.717) is 25.8 Å². The molecule has 1 aliphatic heterocycles. The maximum Gasteiger partial charge on any atom is 0.262 e. The molecule has 3 N–H and O–H groups in total. The van der Waals surface area contributed by atoms with Gasteiger partial charge in [0, 0.05) is 0 Å². The Hall–Kier alpha value is -2.56. The van der Waals surface area contributed by atoms with Gasteiger partial charge in [-0.2, -0.15) is 0 Å². The fourth-order valence-corrected chi connectivity index (χ4v) is 4.07. The lowest BCUT2D eigenvalue weighted by Gasteiger charge is -2.23. The number of hydrogen-bond acceptors (Lipinski definition) is 4. The van der Waals surface area contributed by atoms with Crippen LogP contribution in [-0.4, -0.2) is 53.7 Å². The van der Waals surface area contributed by atoms with Gasteiger partial charge in [-0.3, -0.25) is 9.52 Å². The van der Waals surface area contributed by atoms with Gasteiger partial charge in [0.05, 0.1) is 42.4 Å². The second kappa shape index (κ2) is 9.29. The Morgan fingerprint density at radius 3 is 2.52 bits per heavy atom. The molecule has 0 bridgehead atoms. The van der Waals surface area contributed by atoms with E-state index in [1.807, 2.05) is 0 Å². The number of benzene rings is 2. The molecule has 1 amide bonds. The highest BCUT2D eigenvalue weighted by atomic mass is 32.2. The van der Waals surface area contributed by atoms with Gasteiger partial charge in [-0.05, 0) is 30.3 Å². The van der Waals surface area contributed by atoms with Crippen molar-refractivity contribution in [3.63, 3.8) is 0 Å². The summed E-state index contributed by atoms with van der Waals surface area (Å²) in [4.78, 5) is 13.4. The van der Waals surface area contributed by atoms with Crippen molar-refractivity contribution in [2.45, 2.75) is 4.90 Å². The van der Waals surface area contributed by atoms with Crippen LogP contribution < -0.4 is 14.9 Å². The van der Waals surface area contributed by atoms with Crippen LogP contribution in [-0.2, 0) is 14.8 Å². The first-order chi connectivity index (χ1) is 13.9. The normalized spacial score (nSPS) is 15.1. The second-order valence-electron chi connectivity index (χ2n) is 6.60. The number of ether oxygens (including phenoxy) is 1. The fraction of sp³-hybridized carbons (Fsp3) is 0.316. The minimum atomic E-state index is -4.20. The summed E-state index contributed by atoms with van der Waals surface area (Å²) in [6, 6.07) is 8.37. The van der Waals surface area contributed by atoms with E-state index in [4.69, 9.17) is 4.74 Å². The smallest absolute Gasteiger partial charge is 0.262 e. The molecule has 29 heavy (non-hydrogen) atoms. The zero-order chi connectivity index (χ0) is 20.9. The highest BCUT2D eigenvalue weighted by Gasteiger charge is 2.20. The fourth-order valence-electron chi connectivity index (χ4n) is 2.98. The summed E-state index contributed by atoms with van der Waals surface area (Å²) in [5.74, 6) is -2.85. The van der Waals surface area contributed by atoms with Crippen LogP contribution in [0.4, 0.5) is 14.5 Å². The monoisotopic (exact) mass is 426 g/mol. The molecule has 0 radical (unpaired) electrons. The van der Waals surface area contributed by atoms with E-state index in [1.165, 1.54) is 17.0 Å². The summed E-state index contributed by atoms with van der Waals surface area (Å²) in [7, 11) is -4.20. The number of rotatable bonds is 7. The lowest BCUT2D eigenvalue weighted by atomic mass is 10.1. The largest absolute Gasteiger partial charge is 0.370 e. The van der Waals surface area contributed by atoms with Crippen molar-refractivity contribution >= 4 is 21.6 Å². The van der Waals surface area contributed by atoms with Crippen LogP contribution in [0.1, 0.15) is 10.4 Å². The van der Waals surface area contributed by atoms with Crippen LogP contribution in [0.5, 0.6) is 0 Å². The van der Waals surface area contributed by atoms with Crippen molar-refractivity contribution in [2.75, 3.05) is 44.1 Å². The number of para-hydroxylation sites is 1. The van der Waals surface area contributed by atoms with Gasteiger partial charge in [0.1, 0.15) is 13.1 Å². The molecule has 1 saturated heterocycles. The summed E-state index contributed by atoms with van der Waals surface area (Å²) < 4.78 is 59.1. The molecule has 1 aliphatic rings. The van der Waals surface area contributed by atoms with Gasteiger partial charge in [-0.15, -0.1) is 0 Å². The van der Waals surface area contributed by atoms with Crippen molar-refractivity contribution in [3.8, 4) is 0 Å². The molecule has 0 saturated carbocycles. The predicted molar refractivity (Wildman–Crippen MR) is 102 cm³/mol. The Bertz CT molecular complexity index is 979. The molecule has 10 heteroatoms. The van der Waals surface area contributed by atoms with E-state index in [2.05, 4.69) is 10.0 Å². The third kappa shape index (κ3) is 5.49. The minimum absolute atomic E-state index is 0.0495. The van der Waals surface area contributed by atoms with Crippen LogP contribution >= 0.6 is 0 Å². The van der Waals surface area contributed by atoms with Crippen LogP contribution in [0.3, 0.4) is 0 Å². The Kier molecular flexibility index (Phi) is 6.78. The van der Waals surface area contributed by atoms with Gasteiger partial charge < -0.3 is 15.0 Å². The van der Waals surface area contributed by atoms with Crippen molar-refractivity contribution < 1.29 is 31.6 Å². The maximum absolute atomic E-state index is 13.4. The molecule has 2 aromatic rings. The highest BCUT2D eigenvalue weighted by molar-refractivity contribution is 7.92. The summed E-state index contributed by atoms with van der Waals surface area (Å²) in [5.41, 5.74) is 0.184. The zero-order valence-corrected chi connectivity index (χ0v) is 16.4. The molecular weight excluding hydrogens is 404 g/mol. The average Bonchev–Trinajstić information content (AvgIpc) is 2.71. The minimum Gasteiger partial charge on any atom is -0.370 e. The molecular formula is C19H22F2N3O4S+. The number of halogens is 2. The lowest BCUT2D eigenvalue weighted by molar-refractivity contribution is -0.906. The first-order valence-electron chi connectivity index (χ1n) is 9.13. The number of nitrogens with one attached hydrogen (secondary N) is 3. The van der Waals surface area contributed by atoms with Crippen molar-refractivity contribution in [3.05, 3.63) is 59.7 Å². The zero-order valence-electron chi connectivity index (χ0n) is 15.6. The van der Waals surface area contributed by atoms with Crippen molar-refractivity contribution in [1.29, 1.82) is 0 Å². The summed E-state index contributed by atoms with van der Waals surface area (Å²) >= 11 is 0. The molecule has 7 nitrogen and oxygen atoms in total. The van der Waals surface area contributed by atoms with E-state index in [9.17, 15) is 22.0 Å². The number of anilines is 1. The number of quaternary nitrogens is 1. The van der Waals surface area contributed by atoms with E-state index in [-0.39, 0.29) is 11.3 Å². The molecule has 0 atom stereocenters. The number of amides is 1. The molecule has 0 aromatic heterocycles. The first-order valence-corrected chi connectivity index (χ1v) is 10.6. The number of hydrogen-bond donors (Lipinski definition) is 3. The van der Waals surface area contributed by atoms with Crippen molar-refractivity contribution in [1.82, 2.24) is 5.32 Å². The van der Waals surface area contributed by atoms with Crippen LogP contribution in [0.15, 0.2) is 47.4 Å². The van der Waals surface area contributed by atoms with Gasteiger partial charge in [0.25, 0.3) is 15.9 Å². The Morgan fingerprint density at radius 2 is 1.79 bits per heavy atom. The van der Waals surface area contributed by atoms with Gasteiger partial charge in [0.2, 0.25) is 0 Å². The molecule has 0 aliphatic carbocycles. The number of carbonyl (C=O) groups is 1. The van der Waals surface area contributed by atoms with Crippen molar-refractivity contribution in [2.24, 2.45) is 0 Å². The maximum atomic E-state index is 13.4. The molecule has 3 rings (SSSR count). The number of carbonyl (C=O) groups excluding carboxylic acids is 1.